The summed E-state index contributed by atoms with van der Waals surface area (Å²) in [4.78, 5) is 11.6. The third-order valence-corrected chi connectivity index (χ3v) is 1.71. The van der Waals surface area contributed by atoms with Gasteiger partial charge in [-0.25, -0.2) is 0 Å². The zero-order valence-electron chi connectivity index (χ0n) is 6.27. The average Bonchev–Trinajstić information content (AvgIpc) is 2.16. The highest BCUT2D eigenvalue weighted by Gasteiger charge is 2.37. The summed E-state index contributed by atoms with van der Waals surface area (Å²) < 4.78 is 35.3. The number of hydrogen-bond donors (Lipinski definition) is 1. The van der Waals surface area contributed by atoms with Crippen molar-refractivity contribution in [2.75, 3.05) is 13.1 Å². The van der Waals surface area contributed by atoms with Gasteiger partial charge in [-0.2, -0.15) is 13.2 Å². The van der Waals surface area contributed by atoms with Crippen molar-refractivity contribution in [1.29, 1.82) is 0 Å². The Morgan fingerprint density at radius 1 is 1.58 bits per heavy atom. The van der Waals surface area contributed by atoms with Crippen LogP contribution in [0.1, 0.15) is 6.42 Å². The lowest BCUT2D eigenvalue weighted by Crippen LogP contribution is -2.39. The van der Waals surface area contributed by atoms with Crippen molar-refractivity contribution >= 4 is 5.91 Å². The van der Waals surface area contributed by atoms with Crippen LogP contribution in [0.25, 0.3) is 0 Å². The van der Waals surface area contributed by atoms with Crippen LogP contribution in [-0.2, 0) is 4.79 Å². The SMILES string of the molecule is N[C@H]1CCN(CC(F)(F)F)C1=O. The maximum atomic E-state index is 11.8. The molecule has 3 nitrogen and oxygen atoms in total. The molecular formula is C6H9F3N2O. The molecule has 1 aliphatic heterocycles. The fourth-order valence-corrected chi connectivity index (χ4v) is 1.14. The average molecular weight is 182 g/mol. The summed E-state index contributed by atoms with van der Waals surface area (Å²) in [6.45, 7) is -1.07. The molecule has 12 heavy (non-hydrogen) atoms. The van der Waals surface area contributed by atoms with E-state index >= 15 is 0 Å². The Bertz CT molecular complexity index is 192. The lowest BCUT2D eigenvalue weighted by Gasteiger charge is -2.17. The van der Waals surface area contributed by atoms with Crippen LogP contribution in [0, 0.1) is 0 Å². The number of halogens is 3. The molecule has 1 heterocycles. The van der Waals surface area contributed by atoms with E-state index in [0.717, 1.165) is 4.90 Å². The number of alkyl halides is 3. The minimum absolute atomic E-state index is 0.111. The fraction of sp³-hybridized carbons (Fsp3) is 0.833. The van der Waals surface area contributed by atoms with E-state index in [-0.39, 0.29) is 6.54 Å². The van der Waals surface area contributed by atoms with E-state index in [9.17, 15) is 18.0 Å². The van der Waals surface area contributed by atoms with Gasteiger partial charge >= 0.3 is 6.18 Å². The van der Waals surface area contributed by atoms with Crippen LogP contribution >= 0.6 is 0 Å². The molecule has 0 aromatic rings. The van der Waals surface area contributed by atoms with Gasteiger partial charge in [0.05, 0.1) is 6.04 Å². The molecule has 0 aromatic heterocycles. The Hall–Kier alpha value is -0.780. The second-order valence-electron chi connectivity index (χ2n) is 2.77. The van der Waals surface area contributed by atoms with Crippen LogP contribution in [-0.4, -0.2) is 36.1 Å². The normalized spacial score (nSPS) is 25.2. The molecule has 0 unspecified atom stereocenters. The second-order valence-corrected chi connectivity index (χ2v) is 2.77. The molecule has 0 radical (unpaired) electrons. The third-order valence-electron chi connectivity index (χ3n) is 1.71. The molecular weight excluding hydrogens is 173 g/mol. The second kappa shape index (κ2) is 2.93. The van der Waals surface area contributed by atoms with Crippen molar-refractivity contribution < 1.29 is 18.0 Å². The molecule has 70 valence electrons. The van der Waals surface area contributed by atoms with E-state index < -0.39 is 24.7 Å². The highest BCUT2D eigenvalue weighted by atomic mass is 19.4. The lowest BCUT2D eigenvalue weighted by molar-refractivity contribution is -0.157. The molecule has 1 aliphatic rings. The largest absolute Gasteiger partial charge is 0.406 e. The molecule has 1 atom stereocenters. The highest BCUT2D eigenvalue weighted by molar-refractivity contribution is 5.83. The molecule has 1 saturated heterocycles. The molecule has 2 N–H and O–H groups in total. The molecule has 6 heteroatoms. The Labute approximate surface area is 67.3 Å². The molecule has 0 aromatic carbocycles. The van der Waals surface area contributed by atoms with Gasteiger partial charge < -0.3 is 10.6 Å². The van der Waals surface area contributed by atoms with Crippen molar-refractivity contribution in [1.82, 2.24) is 4.90 Å². The van der Waals surface area contributed by atoms with Crippen LogP contribution < -0.4 is 5.73 Å². The summed E-state index contributed by atoms with van der Waals surface area (Å²) in [7, 11) is 0. The number of carbonyl (C=O) groups is 1. The summed E-state index contributed by atoms with van der Waals surface area (Å²) in [6.07, 6.45) is -4.01. The van der Waals surface area contributed by atoms with Gasteiger partial charge in [-0.1, -0.05) is 0 Å². The first-order valence-corrected chi connectivity index (χ1v) is 3.51. The van der Waals surface area contributed by atoms with Gasteiger partial charge in [0.25, 0.3) is 0 Å². The van der Waals surface area contributed by atoms with E-state index in [1.165, 1.54) is 0 Å². The zero-order chi connectivity index (χ0) is 9.35. The van der Waals surface area contributed by atoms with Gasteiger partial charge in [-0.15, -0.1) is 0 Å². The summed E-state index contributed by atoms with van der Waals surface area (Å²) in [5.74, 6) is -0.604. The Kier molecular flexibility index (Phi) is 2.27. The van der Waals surface area contributed by atoms with Crippen LogP contribution in [0.5, 0.6) is 0 Å². The molecule has 0 spiro atoms. The molecule has 1 amide bonds. The van der Waals surface area contributed by atoms with Crippen LogP contribution in [0.15, 0.2) is 0 Å². The first-order chi connectivity index (χ1) is 5.40. The van der Waals surface area contributed by atoms with E-state index in [0.29, 0.717) is 6.42 Å². The number of likely N-dealkylation sites (tertiary alicyclic amines) is 1. The van der Waals surface area contributed by atoms with Crippen molar-refractivity contribution in [3.8, 4) is 0 Å². The van der Waals surface area contributed by atoms with E-state index in [2.05, 4.69) is 0 Å². The number of carbonyl (C=O) groups excluding carboxylic acids is 1. The maximum absolute atomic E-state index is 11.8. The molecule has 0 aliphatic carbocycles. The van der Waals surface area contributed by atoms with Crippen LogP contribution in [0.3, 0.4) is 0 Å². The summed E-state index contributed by atoms with van der Waals surface area (Å²) in [5, 5.41) is 0. The monoisotopic (exact) mass is 182 g/mol. The Balaban J connectivity index is 2.50. The van der Waals surface area contributed by atoms with Gasteiger partial charge in [-0.3, -0.25) is 4.79 Å². The van der Waals surface area contributed by atoms with Crippen molar-refractivity contribution in [2.45, 2.75) is 18.6 Å². The summed E-state index contributed by atoms with van der Waals surface area (Å²) in [6, 6.07) is -0.743. The number of rotatable bonds is 1. The molecule has 0 bridgehead atoms. The lowest BCUT2D eigenvalue weighted by atomic mass is 10.3. The first-order valence-electron chi connectivity index (χ1n) is 3.51. The minimum atomic E-state index is -4.32. The summed E-state index contributed by atoms with van der Waals surface area (Å²) >= 11 is 0. The van der Waals surface area contributed by atoms with E-state index in [1.54, 1.807) is 0 Å². The quantitative estimate of drug-likeness (QED) is 0.625. The van der Waals surface area contributed by atoms with Gasteiger partial charge in [0.15, 0.2) is 0 Å². The zero-order valence-corrected chi connectivity index (χ0v) is 6.27. The van der Waals surface area contributed by atoms with Crippen molar-refractivity contribution in [3.63, 3.8) is 0 Å². The van der Waals surface area contributed by atoms with Gasteiger partial charge in [0.2, 0.25) is 5.91 Å². The van der Waals surface area contributed by atoms with Gasteiger partial charge in [0, 0.05) is 6.54 Å². The van der Waals surface area contributed by atoms with Gasteiger partial charge in [-0.05, 0) is 6.42 Å². The van der Waals surface area contributed by atoms with Crippen LogP contribution in [0.4, 0.5) is 13.2 Å². The summed E-state index contributed by atoms with van der Waals surface area (Å²) in [5.41, 5.74) is 5.23. The van der Waals surface area contributed by atoms with Gasteiger partial charge in [0.1, 0.15) is 6.54 Å². The fourth-order valence-electron chi connectivity index (χ4n) is 1.14. The maximum Gasteiger partial charge on any atom is 0.406 e. The number of amides is 1. The predicted octanol–water partition coefficient (Wildman–Crippen LogP) is 0.108. The molecule has 1 rings (SSSR count). The smallest absolute Gasteiger partial charge is 0.332 e. The highest BCUT2D eigenvalue weighted by Crippen LogP contribution is 2.19. The Morgan fingerprint density at radius 3 is 2.50 bits per heavy atom. The topological polar surface area (TPSA) is 46.3 Å². The third kappa shape index (κ3) is 2.10. The molecule has 1 fully saturated rings. The first kappa shape index (κ1) is 9.31. The number of hydrogen-bond acceptors (Lipinski definition) is 2. The minimum Gasteiger partial charge on any atom is -0.332 e. The number of nitrogens with two attached hydrogens (primary N) is 1. The van der Waals surface area contributed by atoms with E-state index in [1.807, 2.05) is 0 Å². The van der Waals surface area contributed by atoms with E-state index in [4.69, 9.17) is 5.73 Å². The van der Waals surface area contributed by atoms with Crippen molar-refractivity contribution in [2.24, 2.45) is 5.73 Å². The van der Waals surface area contributed by atoms with Crippen molar-refractivity contribution in [3.05, 3.63) is 0 Å². The molecule has 0 saturated carbocycles. The van der Waals surface area contributed by atoms with Crippen LogP contribution in [0.2, 0.25) is 0 Å². The number of nitrogens with zero attached hydrogens (tertiary/aromatic N) is 1. The standard InChI is InChI=1S/C6H9F3N2O/c7-6(8,9)3-11-2-1-4(10)5(11)12/h4H,1-3,10H2/t4-/m0/s1. The Morgan fingerprint density at radius 2 is 2.17 bits per heavy atom. The predicted molar refractivity (Wildman–Crippen MR) is 35.2 cm³/mol.